The molecule has 4 heteroatoms. The summed E-state index contributed by atoms with van der Waals surface area (Å²) in [7, 11) is 0. The molecule has 18 heavy (non-hydrogen) atoms. The molecule has 0 aromatic carbocycles. The number of pyridine rings is 1. The predicted octanol–water partition coefficient (Wildman–Crippen LogP) is 2.50. The molecular formula is C14H19N3O. The first kappa shape index (κ1) is 11.5. The zero-order valence-corrected chi connectivity index (χ0v) is 10.8. The van der Waals surface area contributed by atoms with Gasteiger partial charge < -0.3 is 11.1 Å². The summed E-state index contributed by atoms with van der Waals surface area (Å²) in [6, 6.07) is -0.461. The van der Waals surface area contributed by atoms with Crippen LogP contribution in [0.25, 0.3) is 0 Å². The number of carbonyl (C=O) groups excluding carboxylic acids is 1. The van der Waals surface area contributed by atoms with Gasteiger partial charge in [0.05, 0.1) is 5.69 Å². The van der Waals surface area contributed by atoms with E-state index in [1.807, 2.05) is 0 Å². The number of rotatable bonds is 2. The first-order chi connectivity index (χ1) is 8.70. The van der Waals surface area contributed by atoms with Crippen LogP contribution in [0.4, 0.5) is 10.5 Å². The van der Waals surface area contributed by atoms with Crippen molar-refractivity contribution in [1.29, 1.82) is 0 Å². The topological polar surface area (TPSA) is 68.0 Å². The molecule has 3 rings (SSSR count). The second kappa shape index (κ2) is 4.26. The molecule has 0 aliphatic heterocycles. The minimum Gasteiger partial charge on any atom is -0.351 e. The molecule has 2 amide bonds. The molecule has 0 saturated heterocycles. The van der Waals surface area contributed by atoms with Crippen LogP contribution in [0.15, 0.2) is 0 Å². The van der Waals surface area contributed by atoms with Crippen LogP contribution in [0, 0.1) is 0 Å². The Balaban J connectivity index is 2.14. The Labute approximate surface area is 107 Å². The molecule has 0 radical (unpaired) electrons. The van der Waals surface area contributed by atoms with E-state index in [-0.39, 0.29) is 0 Å². The first-order valence-electron chi connectivity index (χ1n) is 6.81. The monoisotopic (exact) mass is 245 g/mol. The van der Waals surface area contributed by atoms with Gasteiger partial charge in [-0.05, 0) is 49.7 Å². The van der Waals surface area contributed by atoms with Crippen LogP contribution in [0.1, 0.15) is 54.6 Å². The highest BCUT2D eigenvalue weighted by molar-refractivity contribution is 5.90. The maximum absolute atomic E-state index is 11.2. The van der Waals surface area contributed by atoms with Gasteiger partial charge in [0, 0.05) is 17.3 Å². The van der Waals surface area contributed by atoms with E-state index in [1.165, 1.54) is 22.5 Å². The van der Waals surface area contributed by atoms with Crippen molar-refractivity contribution < 1.29 is 4.79 Å². The Hall–Kier alpha value is -1.58. The highest BCUT2D eigenvalue weighted by atomic mass is 16.2. The fourth-order valence-electron chi connectivity index (χ4n) is 3.36. The van der Waals surface area contributed by atoms with Crippen molar-refractivity contribution in [2.24, 2.45) is 5.73 Å². The number of nitrogens with two attached hydrogens (primary N) is 1. The average molecular weight is 245 g/mol. The lowest BCUT2D eigenvalue weighted by Crippen LogP contribution is -2.21. The molecule has 2 aliphatic carbocycles. The number of nitrogens with zero attached hydrogens (tertiary/aromatic N) is 1. The number of nitrogens with one attached hydrogen (secondary N) is 1. The van der Waals surface area contributed by atoms with Gasteiger partial charge in [-0.3, -0.25) is 4.98 Å². The number of fused-ring (bicyclic) bond motifs is 2. The van der Waals surface area contributed by atoms with E-state index in [0.29, 0.717) is 5.92 Å². The maximum Gasteiger partial charge on any atom is 0.316 e. The van der Waals surface area contributed by atoms with Gasteiger partial charge in [0.1, 0.15) is 0 Å². The lowest BCUT2D eigenvalue weighted by Gasteiger charge is -2.15. The van der Waals surface area contributed by atoms with E-state index in [9.17, 15) is 4.79 Å². The second-order valence-corrected chi connectivity index (χ2v) is 5.26. The molecule has 1 unspecified atom stereocenters. The summed E-state index contributed by atoms with van der Waals surface area (Å²) < 4.78 is 0. The van der Waals surface area contributed by atoms with Gasteiger partial charge in [-0.25, -0.2) is 4.79 Å². The molecule has 1 heterocycles. The summed E-state index contributed by atoms with van der Waals surface area (Å²) in [4.78, 5) is 16.1. The van der Waals surface area contributed by atoms with Crippen LogP contribution in [-0.2, 0) is 19.3 Å². The van der Waals surface area contributed by atoms with Crippen LogP contribution in [-0.4, -0.2) is 11.0 Å². The van der Waals surface area contributed by atoms with E-state index in [0.717, 1.165) is 44.2 Å². The molecule has 0 bridgehead atoms. The van der Waals surface area contributed by atoms with Crippen molar-refractivity contribution >= 4 is 11.7 Å². The van der Waals surface area contributed by atoms with E-state index in [2.05, 4.69) is 12.2 Å². The highest BCUT2D eigenvalue weighted by Gasteiger charge is 2.30. The van der Waals surface area contributed by atoms with E-state index in [1.54, 1.807) is 0 Å². The minimum atomic E-state index is -0.461. The normalized spacial score (nSPS) is 20.6. The van der Waals surface area contributed by atoms with Gasteiger partial charge in [0.15, 0.2) is 0 Å². The molecule has 0 saturated carbocycles. The summed E-state index contributed by atoms with van der Waals surface area (Å²) in [5.74, 6) is 0.555. The van der Waals surface area contributed by atoms with E-state index < -0.39 is 6.03 Å². The molecular weight excluding hydrogens is 226 g/mol. The van der Waals surface area contributed by atoms with Gasteiger partial charge in [-0.2, -0.15) is 0 Å². The molecule has 1 aromatic heterocycles. The number of urea groups is 1. The Kier molecular flexibility index (Phi) is 2.73. The largest absolute Gasteiger partial charge is 0.351 e. The fourth-order valence-corrected chi connectivity index (χ4v) is 3.36. The molecule has 4 nitrogen and oxygen atoms in total. The Morgan fingerprint density at radius 1 is 1.39 bits per heavy atom. The summed E-state index contributed by atoms with van der Waals surface area (Å²) >= 11 is 0. The van der Waals surface area contributed by atoms with E-state index in [4.69, 9.17) is 10.7 Å². The highest BCUT2D eigenvalue weighted by Crippen LogP contribution is 2.42. The number of aromatic nitrogens is 1. The van der Waals surface area contributed by atoms with Crippen LogP contribution in [0.2, 0.25) is 0 Å². The van der Waals surface area contributed by atoms with Crippen molar-refractivity contribution in [2.45, 2.75) is 51.4 Å². The molecule has 3 N–H and O–H groups in total. The Morgan fingerprint density at radius 3 is 2.94 bits per heavy atom. The molecule has 1 atom stereocenters. The lowest BCUT2D eigenvalue weighted by molar-refractivity contribution is 0.259. The smallest absolute Gasteiger partial charge is 0.316 e. The van der Waals surface area contributed by atoms with Crippen LogP contribution >= 0.6 is 0 Å². The second-order valence-electron chi connectivity index (χ2n) is 5.26. The number of hydrogen-bond acceptors (Lipinski definition) is 2. The van der Waals surface area contributed by atoms with Crippen molar-refractivity contribution in [3.05, 3.63) is 22.5 Å². The summed E-state index contributed by atoms with van der Waals surface area (Å²) in [6.07, 6.45) is 6.47. The van der Waals surface area contributed by atoms with Gasteiger partial charge in [0.25, 0.3) is 0 Å². The van der Waals surface area contributed by atoms with Crippen molar-refractivity contribution in [2.75, 3.05) is 5.32 Å². The van der Waals surface area contributed by atoms with Gasteiger partial charge >= 0.3 is 6.03 Å². The number of amides is 2. The van der Waals surface area contributed by atoms with Crippen LogP contribution in [0.5, 0.6) is 0 Å². The van der Waals surface area contributed by atoms with Gasteiger partial charge in [0.2, 0.25) is 0 Å². The quantitative estimate of drug-likeness (QED) is 0.840. The summed E-state index contributed by atoms with van der Waals surface area (Å²) in [6.45, 7) is 2.20. The zero-order chi connectivity index (χ0) is 12.7. The third-order valence-corrected chi connectivity index (χ3v) is 4.23. The summed E-state index contributed by atoms with van der Waals surface area (Å²) in [5.41, 5.74) is 11.1. The van der Waals surface area contributed by atoms with Crippen LogP contribution < -0.4 is 11.1 Å². The minimum absolute atomic E-state index is 0.461. The lowest BCUT2D eigenvalue weighted by atomic mass is 10.0. The molecule has 96 valence electrons. The summed E-state index contributed by atoms with van der Waals surface area (Å²) in [5, 5.41) is 2.85. The number of anilines is 1. The number of hydrogen-bond donors (Lipinski definition) is 2. The maximum atomic E-state index is 11.2. The molecule has 2 aliphatic rings. The number of carbonyl (C=O) groups is 1. The van der Waals surface area contributed by atoms with Gasteiger partial charge in [-0.1, -0.05) is 6.92 Å². The fraction of sp³-hybridized carbons (Fsp3) is 0.571. The number of aryl methyl sites for hydroxylation is 1. The van der Waals surface area contributed by atoms with E-state index >= 15 is 0 Å². The van der Waals surface area contributed by atoms with Crippen molar-refractivity contribution in [3.8, 4) is 0 Å². The standard InChI is InChI=1S/C14H19N3O/c1-2-8-6-7-10-12(8)16-11-5-3-4-9(11)13(10)17-14(15)18/h8H,2-7H2,1H3,(H3,15,16,17,18). The third kappa shape index (κ3) is 1.67. The number of primary amides is 1. The average Bonchev–Trinajstić information content (AvgIpc) is 2.93. The zero-order valence-electron chi connectivity index (χ0n) is 10.8. The Morgan fingerprint density at radius 2 is 2.22 bits per heavy atom. The molecule has 0 fully saturated rings. The van der Waals surface area contributed by atoms with Gasteiger partial charge in [-0.15, -0.1) is 0 Å². The van der Waals surface area contributed by atoms with Crippen molar-refractivity contribution in [1.82, 2.24) is 4.98 Å². The predicted molar refractivity (Wildman–Crippen MR) is 70.8 cm³/mol. The SMILES string of the molecule is CCC1CCc2c1nc1c(c2NC(N)=O)CCC1. The molecule has 1 aromatic rings. The third-order valence-electron chi connectivity index (χ3n) is 4.23. The first-order valence-corrected chi connectivity index (χ1v) is 6.81. The van der Waals surface area contributed by atoms with Crippen molar-refractivity contribution in [3.63, 3.8) is 0 Å². The Bertz CT molecular complexity index is 510. The van der Waals surface area contributed by atoms with Crippen LogP contribution in [0.3, 0.4) is 0 Å². The molecule has 0 spiro atoms.